The molecule has 0 atom stereocenters. The number of ether oxygens (including phenoxy) is 1. The van der Waals surface area contributed by atoms with Gasteiger partial charge in [-0.25, -0.2) is 4.39 Å². The topological polar surface area (TPSA) is 70.7 Å². The molecule has 1 saturated heterocycles. The van der Waals surface area contributed by atoms with Crippen molar-refractivity contribution >= 4 is 28.9 Å². The zero-order valence-electron chi connectivity index (χ0n) is 18.4. The van der Waals surface area contributed by atoms with Crippen molar-refractivity contribution in [1.82, 2.24) is 0 Å². The third-order valence-corrected chi connectivity index (χ3v) is 5.84. The molecule has 170 valence electrons. The summed E-state index contributed by atoms with van der Waals surface area (Å²) < 4.78 is 19.2. The molecule has 0 unspecified atom stereocenters. The van der Waals surface area contributed by atoms with E-state index in [0.29, 0.717) is 54.3 Å². The molecule has 0 aromatic heterocycles. The molecule has 1 heterocycles. The lowest BCUT2D eigenvalue weighted by Gasteiger charge is -2.33. The van der Waals surface area contributed by atoms with Crippen molar-refractivity contribution in [3.63, 3.8) is 0 Å². The molecule has 2 N–H and O–H groups in total. The largest absolute Gasteiger partial charge is 0.497 e. The van der Waals surface area contributed by atoms with E-state index in [1.165, 1.54) is 6.07 Å². The molecular formula is C26H26FN3O3. The molecule has 3 aromatic carbocycles. The highest BCUT2D eigenvalue weighted by molar-refractivity contribution is 6.10. The summed E-state index contributed by atoms with van der Waals surface area (Å²) in [5.41, 5.74) is 2.04. The van der Waals surface area contributed by atoms with Crippen LogP contribution in [0, 0.1) is 11.7 Å². The summed E-state index contributed by atoms with van der Waals surface area (Å²) in [5.74, 6) is -0.206. The Morgan fingerprint density at radius 1 is 0.909 bits per heavy atom. The average molecular weight is 448 g/mol. The van der Waals surface area contributed by atoms with Crippen LogP contribution >= 0.6 is 0 Å². The van der Waals surface area contributed by atoms with Gasteiger partial charge in [-0.2, -0.15) is 0 Å². The Balaban J connectivity index is 1.38. The molecule has 33 heavy (non-hydrogen) atoms. The molecule has 0 saturated carbocycles. The number of rotatable bonds is 6. The molecule has 4 rings (SSSR count). The number of carbonyl (C=O) groups excluding carboxylic acids is 2. The third kappa shape index (κ3) is 5.31. The number of para-hydroxylation sites is 2. The Bertz CT molecular complexity index is 1130. The van der Waals surface area contributed by atoms with E-state index >= 15 is 0 Å². The first-order valence-corrected chi connectivity index (χ1v) is 10.9. The first-order valence-electron chi connectivity index (χ1n) is 10.9. The van der Waals surface area contributed by atoms with Gasteiger partial charge in [-0.1, -0.05) is 24.3 Å². The van der Waals surface area contributed by atoms with E-state index in [4.69, 9.17) is 4.74 Å². The Labute approximate surface area is 192 Å². The van der Waals surface area contributed by atoms with Crippen molar-refractivity contribution in [3.05, 3.63) is 84.2 Å². The first kappa shape index (κ1) is 22.3. The van der Waals surface area contributed by atoms with Crippen LogP contribution in [-0.2, 0) is 4.79 Å². The number of halogens is 1. The number of amides is 2. The van der Waals surface area contributed by atoms with Crippen molar-refractivity contribution in [1.29, 1.82) is 0 Å². The molecule has 0 bridgehead atoms. The minimum atomic E-state index is -0.314. The van der Waals surface area contributed by atoms with Crippen LogP contribution in [0.4, 0.5) is 21.5 Å². The van der Waals surface area contributed by atoms with E-state index < -0.39 is 0 Å². The van der Waals surface area contributed by atoms with Crippen LogP contribution in [0.1, 0.15) is 23.2 Å². The fraction of sp³-hybridized carbons (Fsp3) is 0.231. The number of carbonyl (C=O) groups is 2. The zero-order valence-corrected chi connectivity index (χ0v) is 18.4. The number of nitrogens with zero attached hydrogens (tertiary/aromatic N) is 1. The van der Waals surface area contributed by atoms with Crippen molar-refractivity contribution in [2.24, 2.45) is 5.92 Å². The zero-order chi connectivity index (χ0) is 23.2. The minimum absolute atomic E-state index is 0.132. The molecule has 6 nitrogen and oxygen atoms in total. The standard InChI is InChI=1S/C26H26FN3O3/c1-33-20-12-10-19(11-13-20)28-26(32)21-6-2-4-8-23(21)29-25(31)18-14-16-30(17-15-18)24-9-5-3-7-22(24)27/h2-13,18H,14-17H2,1H3,(H,28,32)(H,29,31). The number of benzene rings is 3. The second-order valence-electron chi connectivity index (χ2n) is 7.93. The van der Waals surface area contributed by atoms with E-state index in [1.807, 2.05) is 11.0 Å². The molecule has 0 radical (unpaired) electrons. The van der Waals surface area contributed by atoms with E-state index in [2.05, 4.69) is 10.6 Å². The van der Waals surface area contributed by atoms with Crippen LogP contribution in [0.3, 0.4) is 0 Å². The smallest absolute Gasteiger partial charge is 0.257 e. The predicted octanol–water partition coefficient (Wildman–Crippen LogP) is 4.94. The van der Waals surface area contributed by atoms with Gasteiger partial charge in [0, 0.05) is 24.7 Å². The normalized spacial score (nSPS) is 13.9. The summed E-state index contributed by atoms with van der Waals surface area (Å²) in [7, 11) is 1.58. The van der Waals surface area contributed by atoms with Crippen molar-refractivity contribution in [2.75, 3.05) is 35.7 Å². The van der Waals surface area contributed by atoms with Crippen LogP contribution in [0.25, 0.3) is 0 Å². The molecule has 1 fully saturated rings. The van der Waals surface area contributed by atoms with Crippen LogP contribution in [0.5, 0.6) is 5.75 Å². The highest BCUT2D eigenvalue weighted by Gasteiger charge is 2.27. The van der Waals surface area contributed by atoms with Crippen LogP contribution in [-0.4, -0.2) is 32.0 Å². The van der Waals surface area contributed by atoms with Gasteiger partial charge in [-0.3, -0.25) is 9.59 Å². The van der Waals surface area contributed by atoms with Crippen LogP contribution < -0.4 is 20.3 Å². The fourth-order valence-electron chi connectivity index (χ4n) is 3.99. The van der Waals surface area contributed by atoms with Crippen molar-refractivity contribution in [2.45, 2.75) is 12.8 Å². The first-order chi connectivity index (χ1) is 16.0. The molecule has 0 spiro atoms. The molecule has 1 aliphatic heterocycles. The van der Waals surface area contributed by atoms with Crippen molar-refractivity contribution in [3.8, 4) is 5.75 Å². The maximum Gasteiger partial charge on any atom is 0.257 e. The summed E-state index contributed by atoms with van der Waals surface area (Å²) in [6, 6.07) is 20.6. The SMILES string of the molecule is COc1ccc(NC(=O)c2ccccc2NC(=O)C2CCN(c3ccccc3F)CC2)cc1. The van der Waals surface area contributed by atoms with Gasteiger partial charge >= 0.3 is 0 Å². The predicted molar refractivity (Wildman–Crippen MR) is 127 cm³/mol. The van der Waals surface area contributed by atoms with Crippen molar-refractivity contribution < 1.29 is 18.7 Å². The lowest BCUT2D eigenvalue weighted by Crippen LogP contribution is -2.38. The highest BCUT2D eigenvalue weighted by Crippen LogP contribution is 2.27. The summed E-state index contributed by atoms with van der Waals surface area (Å²) in [6.45, 7) is 1.19. The molecule has 0 aliphatic carbocycles. The maximum atomic E-state index is 14.1. The Kier molecular flexibility index (Phi) is 6.88. The van der Waals surface area contributed by atoms with E-state index in [-0.39, 0.29) is 23.5 Å². The van der Waals surface area contributed by atoms with E-state index in [9.17, 15) is 14.0 Å². The monoisotopic (exact) mass is 447 g/mol. The lowest BCUT2D eigenvalue weighted by molar-refractivity contribution is -0.120. The Hall–Kier alpha value is -3.87. The van der Waals surface area contributed by atoms with Gasteiger partial charge in [0.1, 0.15) is 11.6 Å². The van der Waals surface area contributed by atoms with E-state index in [1.54, 1.807) is 67.8 Å². The van der Waals surface area contributed by atoms with Gasteiger partial charge in [0.25, 0.3) is 5.91 Å². The van der Waals surface area contributed by atoms with Gasteiger partial charge in [-0.15, -0.1) is 0 Å². The second kappa shape index (κ2) is 10.2. The van der Waals surface area contributed by atoms with Gasteiger partial charge in [0.05, 0.1) is 24.0 Å². The Morgan fingerprint density at radius 2 is 1.58 bits per heavy atom. The molecule has 3 aromatic rings. The summed E-state index contributed by atoms with van der Waals surface area (Å²) in [6.07, 6.45) is 1.22. The molecule has 2 amide bonds. The van der Waals surface area contributed by atoms with Crippen LogP contribution in [0.2, 0.25) is 0 Å². The third-order valence-electron chi connectivity index (χ3n) is 5.84. The number of hydrogen-bond acceptors (Lipinski definition) is 4. The van der Waals surface area contributed by atoms with Gasteiger partial charge < -0.3 is 20.3 Å². The average Bonchev–Trinajstić information content (AvgIpc) is 2.85. The number of anilines is 3. The number of nitrogens with one attached hydrogen (secondary N) is 2. The molecule has 1 aliphatic rings. The van der Waals surface area contributed by atoms with Gasteiger partial charge in [-0.05, 0) is 61.4 Å². The lowest BCUT2D eigenvalue weighted by atomic mass is 9.95. The number of piperidine rings is 1. The quantitative estimate of drug-likeness (QED) is 0.562. The van der Waals surface area contributed by atoms with Gasteiger partial charge in [0.15, 0.2) is 0 Å². The summed E-state index contributed by atoms with van der Waals surface area (Å²) in [4.78, 5) is 27.7. The minimum Gasteiger partial charge on any atom is -0.497 e. The van der Waals surface area contributed by atoms with Crippen LogP contribution in [0.15, 0.2) is 72.8 Å². The van der Waals surface area contributed by atoms with Gasteiger partial charge in [0.2, 0.25) is 5.91 Å². The highest BCUT2D eigenvalue weighted by atomic mass is 19.1. The molecular weight excluding hydrogens is 421 g/mol. The number of hydrogen-bond donors (Lipinski definition) is 2. The fourth-order valence-corrected chi connectivity index (χ4v) is 3.99. The maximum absolute atomic E-state index is 14.1. The number of methoxy groups -OCH3 is 1. The Morgan fingerprint density at radius 3 is 2.27 bits per heavy atom. The summed E-state index contributed by atoms with van der Waals surface area (Å²) in [5, 5.41) is 5.76. The second-order valence-corrected chi connectivity index (χ2v) is 7.93. The van der Waals surface area contributed by atoms with E-state index in [0.717, 1.165) is 0 Å². The molecule has 7 heteroatoms. The summed E-state index contributed by atoms with van der Waals surface area (Å²) >= 11 is 0.